The third-order valence-electron chi connectivity index (χ3n) is 1.34. The molecule has 0 aliphatic heterocycles. The topological polar surface area (TPSA) is 34.1 Å². The van der Waals surface area contributed by atoms with E-state index in [-0.39, 0.29) is 11.6 Å². The van der Waals surface area contributed by atoms with E-state index < -0.39 is 9.84 Å². The Hall–Kier alpha value is -0.900. The molecule has 0 aliphatic carbocycles. The van der Waals surface area contributed by atoms with Crippen molar-refractivity contribution in [1.82, 2.24) is 0 Å². The first-order valence-corrected chi connectivity index (χ1v) is 5.45. The van der Waals surface area contributed by atoms with Crippen LogP contribution in [0.2, 0.25) is 0 Å². The minimum absolute atomic E-state index is 0.0344. The fourth-order valence-electron chi connectivity index (χ4n) is 0.883. The molecule has 0 saturated heterocycles. The molecule has 0 saturated carbocycles. The summed E-state index contributed by atoms with van der Waals surface area (Å²) in [5.74, 6) is -0.389. The Bertz CT molecular complexity index is 353. The highest BCUT2D eigenvalue weighted by molar-refractivity contribution is 7.89. The fourth-order valence-corrected chi connectivity index (χ4v) is 1.68. The van der Waals surface area contributed by atoms with Gasteiger partial charge in [0.2, 0.25) is 0 Å². The molecule has 0 spiro atoms. The van der Waals surface area contributed by atoms with E-state index in [1.807, 2.05) is 0 Å². The van der Waals surface area contributed by atoms with E-state index in [0.717, 1.165) is 6.26 Å². The molecule has 0 radical (unpaired) electrons. The Morgan fingerprint density at radius 2 is 1.75 bits per heavy atom. The largest absolute Gasteiger partial charge is 0.229 e. The SMILES string of the molecule is CS(=O)(=O)Cc1ccc(F)cc1. The first-order valence-electron chi connectivity index (χ1n) is 3.39. The highest BCUT2D eigenvalue weighted by Gasteiger charge is 2.03. The van der Waals surface area contributed by atoms with Crippen molar-refractivity contribution >= 4 is 9.84 Å². The second-order valence-electron chi connectivity index (χ2n) is 2.70. The second-order valence-corrected chi connectivity index (χ2v) is 4.84. The van der Waals surface area contributed by atoms with Gasteiger partial charge in [0.25, 0.3) is 0 Å². The van der Waals surface area contributed by atoms with Gasteiger partial charge >= 0.3 is 0 Å². The maximum Gasteiger partial charge on any atom is 0.151 e. The van der Waals surface area contributed by atoms with Gasteiger partial charge in [-0.05, 0) is 17.7 Å². The van der Waals surface area contributed by atoms with Crippen molar-refractivity contribution < 1.29 is 12.8 Å². The van der Waals surface area contributed by atoms with Gasteiger partial charge in [-0.15, -0.1) is 0 Å². The van der Waals surface area contributed by atoms with Gasteiger partial charge in [-0.1, -0.05) is 12.1 Å². The zero-order chi connectivity index (χ0) is 9.19. The summed E-state index contributed by atoms with van der Waals surface area (Å²) in [6.45, 7) is 0. The van der Waals surface area contributed by atoms with E-state index in [1.54, 1.807) is 0 Å². The van der Waals surface area contributed by atoms with E-state index in [9.17, 15) is 12.8 Å². The van der Waals surface area contributed by atoms with Gasteiger partial charge in [0.05, 0.1) is 5.75 Å². The standard InChI is InChI=1S/C8H9FO2S/c1-12(10,11)6-7-2-4-8(9)5-3-7/h2-5H,6H2,1H3. The Labute approximate surface area is 71.0 Å². The Balaban J connectivity index is 2.85. The van der Waals surface area contributed by atoms with Crippen LogP contribution in [-0.4, -0.2) is 14.7 Å². The van der Waals surface area contributed by atoms with Gasteiger partial charge < -0.3 is 0 Å². The normalized spacial score (nSPS) is 11.5. The zero-order valence-electron chi connectivity index (χ0n) is 6.62. The Morgan fingerprint density at radius 1 is 1.25 bits per heavy atom. The van der Waals surface area contributed by atoms with E-state index >= 15 is 0 Å². The molecule has 0 aromatic heterocycles. The zero-order valence-corrected chi connectivity index (χ0v) is 7.44. The van der Waals surface area contributed by atoms with Gasteiger partial charge in [-0.2, -0.15) is 0 Å². The molecule has 1 rings (SSSR count). The maximum absolute atomic E-state index is 12.4. The maximum atomic E-state index is 12.4. The predicted molar refractivity (Wildman–Crippen MR) is 44.9 cm³/mol. The van der Waals surface area contributed by atoms with Crippen molar-refractivity contribution in [2.75, 3.05) is 6.26 Å². The van der Waals surface area contributed by atoms with Gasteiger partial charge in [0.15, 0.2) is 9.84 Å². The van der Waals surface area contributed by atoms with Crippen molar-refractivity contribution in [3.05, 3.63) is 35.6 Å². The van der Waals surface area contributed by atoms with Crippen LogP contribution in [0.5, 0.6) is 0 Å². The van der Waals surface area contributed by atoms with Crippen LogP contribution in [0.25, 0.3) is 0 Å². The van der Waals surface area contributed by atoms with E-state index in [1.165, 1.54) is 24.3 Å². The molecule has 66 valence electrons. The monoisotopic (exact) mass is 188 g/mol. The first kappa shape index (κ1) is 9.19. The lowest BCUT2D eigenvalue weighted by Crippen LogP contribution is -2.00. The number of sulfone groups is 1. The third kappa shape index (κ3) is 3.00. The molecule has 2 nitrogen and oxygen atoms in total. The van der Waals surface area contributed by atoms with Crippen LogP contribution >= 0.6 is 0 Å². The highest BCUT2D eigenvalue weighted by atomic mass is 32.2. The number of hydrogen-bond acceptors (Lipinski definition) is 2. The average molecular weight is 188 g/mol. The summed E-state index contributed by atoms with van der Waals surface area (Å²) in [5, 5.41) is 0. The predicted octanol–water partition coefficient (Wildman–Crippen LogP) is 1.37. The Morgan fingerprint density at radius 3 is 2.17 bits per heavy atom. The molecule has 0 unspecified atom stereocenters. The molecule has 0 heterocycles. The molecule has 0 N–H and O–H groups in total. The quantitative estimate of drug-likeness (QED) is 0.702. The molecule has 0 aliphatic rings. The van der Waals surface area contributed by atoms with Crippen molar-refractivity contribution in [2.24, 2.45) is 0 Å². The fraction of sp³-hybridized carbons (Fsp3) is 0.250. The van der Waals surface area contributed by atoms with E-state index in [2.05, 4.69) is 0 Å². The number of rotatable bonds is 2. The van der Waals surface area contributed by atoms with Crippen molar-refractivity contribution in [2.45, 2.75) is 5.75 Å². The number of halogens is 1. The summed E-state index contributed by atoms with van der Waals surface area (Å²) in [6.07, 6.45) is 1.15. The summed E-state index contributed by atoms with van der Waals surface area (Å²) in [7, 11) is -3.01. The molecule has 0 bridgehead atoms. The summed E-state index contributed by atoms with van der Waals surface area (Å²) >= 11 is 0. The molecule has 1 aromatic rings. The lowest BCUT2D eigenvalue weighted by molar-refractivity contribution is 0.600. The summed E-state index contributed by atoms with van der Waals surface area (Å²) in [4.78, 5) is 0. The van der Waals surface area contributed by atoms with Crippen molar-refractivity contribution in [1.29, 1.82) is 0 Å². The smallest absolute Gasteiger partial charge is 0.151 e. The van der Waals surface area contributed by atoms with E-state index in [0.29, 0.717) is 5.56 Å². The molecule has 0 atom stereocenters. The molecule has 12 heavy (non-hydrogen) atoms. The molecule has 1 aromatic carbocycles. The van der Waals surface area contributed by atoms with Gasteiger partial charge in [0.1, 0.15) is 5.82 Å². The van der Waals surface area contributed by atoms with Crippen LogP contribution in [0.1, 0.15) is 5.56 Å². The van der Waals surface area contributed by atoms with Crippen LogP contribution < -0.4 is 0 Å². The summed E-state index contributed by atoms with van der Waals surface area (Å²) in [6, 6.07) is 5.44. The third-order valence-corrected chi connectivity index (χ3v) is 2.20. The lowest BCUT2D eigenvalue weighted by Gasteiger charge is -1.97. The van der Waals surface area contributed by atoms with Gasteiger partial charge in [-0.25, -0.2) is 12.8 Å². The highest BCUT2D eigenvalue weighted by Crippen LogP contribution is 2.05. The lowest BCUT2D eigenvalue weighted by atomic mass is 10.2. The molecule has 0 fully saturated rings. The van der Waals surface area contributed by atoms with Crippen LogP contribution in [0, 0.1) is 5.82 Å². The summed E-state index contributed by atoms with van der Waals surface area (Å²) in [5.41, 5.74) is 0.610. The summed E-state index contributed by atoms with van der Waals surface area (Å²) < 4.78 is 34.0. The Kier molecular flexibility index (Phi) is 2.47. The second kappa shape index (κ2) is 3.23. The van der Waals surface area contributed by atoms with Crippen molar-refractivity contribution in [3.8, 4) is 0 Å². The van der Waals surface area contributed by atoms with E-state index in [4.69, 9.17) is 0 Å². The molecule has 4 heteroatoms. The average Bonchev–Trinajstić information content (AvgIpc) is 1.91. The minimum atomic E-state index is -3.01. The minimum Gasteiger partial charge on any atom is -0.229 e. The van der Waals surface area contributed by atoms with Crippen LogP contribution in [-0.2, 0) is 15.6 Å². The van der Waals surface area contributed by atoms with Gasteiger partial charge in [-0.3, -0.25) is 0 Å². The van der Waals surface area contributed by atoms with Gasteiger partial charge in [0, 0.05) is 6.26 Å². The van der Waals surface area contributed by atoms with Crippen molar-refractivity contribution in [3.63, 3.8) is 0 Å². The first-order chi connectivity index (χ1) is 5.47. The van der Waals surface area contributed by atoms with Crippen LogP contribution in [0.15, 0.2) is 24.3 Å². The molecular weight excluding hydrogens is 179 g/mol. The number of benzene rings is 1. The molecular formula is C8H9FO2S. The molecule has 0 amide bonds. The number of hydrogen-bond donors (Lipinski definition) is 0. The van der Waals surface area contributed by atoms with Crippen LogP contribution in [0.3, 0.4) is 0 Å². The van der Waals surface area contributed by atoms with Crippen LogP contribution in [0.4, 0.5) is 4.39 Å².